The highest BCUT2D eigenvalue weighted by Gasteiger charge is 2.17. The van der Waals surface area contributed by atoms with Crippen LogP contribution >= 0.6 is 11.6 Å². The summed E-state index contributed by atoms with van der Waals surface area (Å²) in [5.41, 5.74) is 2.97. The molecule has 0 saturated carbocycles. The van der Waals surface area contributed by atoms with Crippen molar-refractivity contribution in [2.45, 2.75) is 13.0 Å². The first kappa shape index (κ1) is 17.5. The second kappa shape index (κ2) is 7.18. The number of carbonyl (C=O) groups excluding carboxylic acids is 1. The number of ether oxygens (including phenoxy) is 1. The van der Waals surface area contributed by atoms with Crippen molar-refractivity contribution in [3.8, 4) is 5.75 Å². The molecule has 128 valence electrons. The van der Waals surface area contributed by atoms with Crippen LogP contribution in [-0.2, 0) is 0 Å². The Kier molecular flexibility index (Phi) is 5.24. The highest BCUT2D eigenvalue weighted by atomic mass is 35.5. The van der Waals surface area contributed by atoms with Crippen molar-refractivity contribution >= 4 is 23.2 Å². The van der Waals surface area contributed by atoms with Crippen LogP contribution in [-0.4, -0.2) is 28.5 Å². The van der Waals surface area contributed by atoms with Crippen molar-refractivity contribution < 1.29 is 13.9 Å². The molecule has 0 bridgehead atoms. The van der Waals surface area contributed by atoms with Gasteiger partial charge < -0.3 is 20.8 Å². The molecule has 1 amide bonds. The Balaban J connectivity index is 2.02. The summed E-state index contributed by atoms with van der Waals surface area (Å²) in [5, 5.41) is 2.71. The average Bonchev–Trinajstić information content (AvgIpc) is 2.49. The molecule has 24 heavy (non-hydrogen) atoms. The van der Waals surface area contributed by atoms with Gasteiger partial charge in [0, 0.05) is 5.02 Å². The third-order valence-corrected chi connectivity index (χ3v) is 3.20. The van der Waals surface area contributed by atoms with E-state index in [1.165, 1.54) is 12.1 Å². The van der Waals surface area contributed by atoms with Gasteiger partial charge >= 0.3 is 5.69 Å². The van der Waals surface area contributed by atoms with E-state index in [1.807, 2.05) is 4.98 Å². The zero-order chi connectivity index (χ0) is 17.9. The minimum Gasteiger partial charge on any atom is -0.488 e. The van der Waals surface area contributed by atoms with Crippen molar-refractivity contribution in [2.24, 2.45) is 0 Å². The van der Waals surface area contributed by atoms with Gasteiger partial charge in [0.1, 0.15) is 18.0 Å². The number of halogens is 2. The molecule has 1 atom stereocenters. The molecule has 1 aromatic carbocycles. The monoisotopic (exact) mass is 356 g/mol. The van der Waals surface area contributed by atoms with Crippen molar-refractivity contribution in [2.75, 3.05) is 12.3 Å². The van der Waals surface area contributed by atoms with E-state index < -0.39 is 34.7 Å². The summed E-state index contributed by atoms with van der Waals surface area (Å²) in [4.78, 5) is 38.7. The summed E-state index contributed by atoms with van der Waals surface area (Å²) in [6.45, 7) is 1.53. The maximum absolute atomic E-state index is 13.6. The molecule has 0 saturated heterocycles. The number of anilines is 1. The SMILES string of the molecule is CC(COc1ccc(Cl)cc1F)NC(=O)c1[nH]c(=O)[nH]c(=O)c1N. The maximum Gasteiger partial charge on any atom is 0.326 e. The molecule has 1 heterocycles. The van der Waals surface area contributed by atoms with Crippen LogP contribution in [0.2, 0.25) is 5.02 Å². The average molecular weight is 357 g/mol. The second-order valence-corrected chi connectivity index (χ2v) is 5.39. The third-order valence-electron chi connectivity index (χ3n) is 2.97. The fourth-order valence-electron chi connectivity index (χ4n) is 1.82. The molecular weight excluding hydrogens is 343 g/mol. The summed E-state index contributed by atoms with van der Waals surface area (Å²) in [6, 6.07) is 3.36. The Bertz CT molecular complexity index is 880. The standard InChI is InChI=1S/C14H14ClFN4O4/c1-6(5-24-9-3-2-7(15)4-8(9)16)18-13(22)11-10(17)12(21)20-14(23)19-11/h2-4,6H,5,17H2,1H3,(H,18,22)(H2,19,20,21,23). The number of H-pyrrole nitrogens is 2. The van der Waals surface area contributed by atoms with E-state index >= 15 is 0 Å². The summed E-state index contributed by atoms with van der Waals surface area (Å²) >= 11 is 5.64. The third kappa shape index (κ3) is 4.13. The fraction of sp³-hybridized carbons (Fsp3) is 0.214. The molecule has 2 aromatic rings. The van der Waals surface area contributed by atoms with Gasteiger partial charge in [-0.2, -0.15) is 0 Å². The van der Waals surface area contributed by atoms with Crippen LogP contribution < -0.4 is 27.0 Å². The number of rotatable bonds is 5. The van der Waals surface area contributed by atoms with Crippen molar-refractivity contribution in [1.29, 1.82) is 0 Å². The van der Waals surface area contributed by atoms with Gasteiger partial charge in [-0.25, -0.2) is 9.18 Å². The minimum atomic E-state index is -0.865. The number of aromatic nitrogens is 2. The molecule has 8 nitrogen and oxygen atoms in total. The van der Waals surface area contributed by atoms with Crippen LogP contribution in [0, 0.1) is 5.82 Å². The van der Waals surface area contributed by atoms with Crippen LogP contribution in [0.1, 0.15) is 17.4 Å². The van der Waals surface area contributed by atoms with Gasteiger partial charge in [0.2, 0.25) is 0 Å². The number of nitrogens with two attached hydrogens (primary N) is 1. The predicted octanol–water partition coefficient (Wildman–Crippen LogP) is 0.635. The van der Waals surface area contributed by atoms with Crippen LogP contribution in [0.3, 0.4) is 0 Å². The van der Waals surface area contributed by atoms with Crippen LogP contribution in [0.25, 0.3) is 0 Å². The topological polar surface area (TPSA) is 130 Å². The molecule has 0 aliphatic carbocycles. The largest absolute Gasteiger partial charge is 0.488 e. The van der Waals surface area contributed by atoms with E-state index in [4.69, 9.17) is 22.1 Å². The second-order valence-electron chi connectivity index (χ2n) is 4.96. The van der Waals surface area contributed by atoms with E-state index in [0.717, 1.165) is 6.07 Å². The lowest BCUT2D eigenvalue weighted by atomic mass is 10.3. The molecule has 0 aliphatic rings. The van der Waals surface area contributed by atoms with Crippen LogP contribution in [0.4, 0.5) is 10.1 Å². The predicted molar refractivity (Wildman–Crippen MR) is 85.9 cm³/mol. The van der Waals surface area contributed by atoms with E-state index in [0.29, 0.717) is 0 Å². The van der Waals surface area contributed by atoms with Crippen molar-refractivity contribution in [1.82, 2.24) is 15.3 Å². The van der Waals surface area contributed by atoms with Gasteiger partial charge in [-0.05, 0) is 25.1 Å². The Hall–Kier alpha value is -2.81. The first-order valence-electron chi connectivity index (χ1n) is 6.78. The van der Waals surface area contributed by atoms with Gasteiger partial charge in [0.25, 0.3) is 11.5 Å². The lowest BCUT2D eigenvalue weighted by Crippen LogP contribution is -2.40. The molecule has 10 heteroatoms. The summed E-state index contributed by atoms with van der Waals surface area (Å²) < 4.78 is 18.8. The Morgan fingerprint density at radius 1 is 1.42 bits per heavy atom. The number of benzene rings is 1. The smallest absolute Gasteiger partial charge is 0.326 e. The molecule has 5 N–H and O–H groups in total. The van der Waals surface area contributed by atoms with Crippen LogP contribution in [0.15, 0.2) is 27.8 Å². The van der Waals surface area contributed by atoms with Gasteiger partial charge in [-0.3, -0.25) is 14.6 Å². The fourth-order valence-corrected chi connectivity index (χ4v) is 1.98. The zero-order valence-electron chi connectivity index (χ0n) is 12.5. The highest BCUT2D eigenvalue weighted by Crippen LogP contribution is 2.21. The molecule has 0 fully saturated rings. The number of hydrogen-bond donors (Lipinski definition) is 4. The number of amides is 1. The van der Waals surface area contributed by atoms with Gasteiger partial charge in [-0.15, -0.1) is 0 Å². The van der Waals surface area contributed by atoms with E-state index in [9.17, 15) is 18.8 Å². The normalized spacial score (nSPS) is 11.8. The number of carbonyl (C=O) groups is 1. The quantitative estimate of drug-likeness (QED) is 0.624. The minimum absolute atomic E-state index is 0.0235. The Morgan fingerprint density at radius 3 is 2.79 bits per heavy atom. The molecular formula is C14H14ClFN4O4. The summed E-state index contributed by atoms with van der Waals surface area (Å²) in [6.07, 6.45) is 0. The zero-order valence-corrected chi connectivity index (χ0v) is 13.2. The Morgan fingerprint density at radius 2 is 2.12 bits per heavy atom. The van der Waals surface area contributed by atoms with Crippen molar-refractivity contribution in [3.63, 3.8) is 0 Å². The molecule has 1 aromatic heterocycles. The maximum atomic E-state index is 13.6. The van der Waals surface area contributed by atoms with E-state index in [2.05, 4.69) is 10.3 Å². The van der Waals surface area contributed by atoms with Gasteiger partial charge in [0.05, 0.1) is 6.04 Å². The number of nitrogen functional groups attached to an aromatic ring is 1. The van der Waals surface area contributed by atoms with Crippen molar-refractivity contribution in [3.05, 3.63) is 55.6 Å². The van der Waals surface area contributed by atoms with E-state index in [-0.39, 0.29) is 23.1 Å². The molecule has 0 radical (unpaired) electrons. The molecule has 0 spiro atoms. The first-order valence-corrected chi connectivity index (χ1v) is 7.16. The lowest BCUT2D eigenvalue weighted by Gasteiger charge is -2.15. The van der Waals surface area contributed by atoms with Gasteiger partial charge in [0.15, 0.2) is 11.6 Å². The number of nitrogens with one attached hydrogen (secondary N) is 3. The Labute approximate surface area is 139 Å². The van der Waals surface area contributed by atoms with E-state index in [1.54, 1.807) is 6.92 Å². The number of aromatic amines is 2. The summed E-state index contributed by atoms with van der Waals surface area (Å²) in [7, 11) is 0. The van der Waals surface area contributed by atoms with Crippen LogP contribution in [0.5, 0.6) is 5.75 Å². The molecule has 1 unspecified atom stereocenters. The lowest BCUT2D eigenvalue weighted by molar-refractivity contribution is 0.0921. The van der Waals surface area contributed by atoms with Gasteiger partial charge in [-0.1, -0.05) is 11.6 Å². The highest BCUT2D eigenvalue weighted by molar-refractivity contribution is 6.30. The molecule has 0 aliphatic heterocycles. The first-order chi connectivity index (χ1) is 11.3. The number of hydrogen-bond acceptors (Lipinski definition) is 5. The molecule has 2 rings (SSSR count). The summed E-state index contributed by atoms with van der Waals surface area (Å²) in [5.74, 6) is -1.42.